The summed E-state index contributed by atoms with van der Waals surface area (Å²) in [7, 11) is 3.62. The molecule has 0 amide bonds. The average Bonchev–Trinajstić information content (AvgIpc) is 1.62. The second-order valence-corrected chi connectivity index (χ2v) is 3.53. The number of nitrogens with zero attached hydrogens (tertiary/aromatic N) is 1. The molecule has 0 fully saturated rings. The molecule has 0 bridgehead atoms. The van der Waals surface area contributed by atoms with Crippen LogP contribution >= 0.6 is 0 Å². The third-order valence-corrected chi connectivity index (χ3v) is 1.01. The highest BCUT2D eigenvalue weighted by molar-refractivity contribution is 4.61. The summed E-state index contributed by atoms with van der Waals surface area (Å²) in [5, 5.41) is 1.83. The van der Waals surface area contributed by atoms with Crippen molar-refractivity contribution in [1.29, 1.82) is 0 Å². The Kier molecular flexibility index (Phi) is 3.15. The Labute approximate surface area is 57.8 Å². The van der Waals surface area contributed by atoms with Crippen LogP contribution < -0.4 is 0 Å². The highest BCUT2D eigenvalue weighted by Crippen LogP contribution is 2.13. The predicted octanol–water partition coefficient (Wildman–Crippen LogP) is 1.53. The van der Waals surface area contributed by atoms with Gasteiger partial charge in [0, 0.05) is 13.6 Å². The summed E-state index contributed by atoms with van der Waals surface area (Å²) in [5.41, 5.74) is 0.324. The van der Waals surface area contributed by atoms with Gasteiger partial charge in [0.05, 0.1) is 7.11 Å². The molecule has 0 aliphatic carbocycles. The van der Waals surface area contributed by atoms with Gasteiger partial charge in [-0.3, -0.25) is 0 Å². The van der Waals surface area contributed by atoms with E-state index < -0.39 is 0 Å². The number of hydroxylamine groups is 2. The van der Waals surface area contributed by atoms with Crippen molar-refractivity contribution in [1.82, 2.24) is 5.06 Å². The van der Waals surface area contributed by atoms with Gasteiger partial charge in [0.2, 0.25) is 0 Å². The van der Waals surface area contributed by atoms with Gasteiger partial charge in [-0.15, -0.1) is 0 Å². The first-order chi connectivity index (χ1) is 3.95. The van der Waals surface area contributed by atoms with Crippen molar-refractivity contribution in [3.05, 3.63) is 0 Å². The van der Waals surface area contributed by atoms with E-state index in [1.54, 1.807) is 7.11 Å². The van der Waals surface area contributed by atoms with E-state index in [0.29, 0.717) is 5.41 Å². The topological polar surface area (TPSA) is 12.5 Å². The van der Waals surface area contributed by atoms with Crippen LogP contribution in [0.5, 0.6) is 0 Å². The first kappa shape index (κ1) is 8.92. The largest absolute Gasteiger partial charge is 0.303 e. The van der Waals surface area contributed by atoms with Gasteiger partial charge in [-0.25, -0.2) is 0 Å². The van der Waals surface area contributed by atoms with Crippen molar-refractivity contribution >= 4 is 0 Å². The number of hydrogen-bond acceptors (Lipinski definition) is 2. The molecule has 2 heteroatoms. The van der Waals surface area contributed by atoms with Crippen LogP contribution in [0, 0.1) is 5.41 Å². The Morgan fingerprint density at radius 1 is 1.33 bits per heavy atom. The molecule has 0 heterocycles. The van der Waals surface area contributed by atoms with Gasteiger partial charge in [-0.05, 0) is 5.41 Å². The third-order valence-electron chi connectivity index (χ3n) is 1.01. The second kappa shape index (κ2) is 3.18. The molecule has 0 unspecified atom stereocenters. The summed E-state index contributed by atoms with van der Waals surface area (Å²) in [6.07, 6.45) is 0. The van der Waals surface area contributed by atoms with Crippen molar-refractivity contribution in [2.75, 3.05) is 20.7 Å². The molecule has 0 saturated heterocycles. The molecule has 0 saturated carbocycles. The van der Waals surface area contributed by atoms with Crippen molar-refractivity contribution in [3.63, 3.8) is 0 Å². The van der Waals surface area contributed by atoms with E-state index in [9.17, 15) is 0 Å². The Balaban J connectivity index is 3.47. The molecule has 9 heavy (non-hydrogen) atoms. The van der Waals surface area contributed by atoms with Gasteiger partial charge in [0.25, 0.3) is 0 Å². The molecule has 0 rings (SSSR count). The zero-order chi connectivity index (χ0) is 7.49. The van der Waals surface area contributed by atoms with E-state index in [1.165, 1.54) is 0 Å². The quantitative estimate of drug-likeness (QED) is 0.527. The van der Waals surface area contributed by atoms with Crippen molar-refractivity contribution < 1.29 is 4.84 Å². The molecule has 0 spiro atoms. The Morgan fingerprint density at radius 3 is 1.89 bits per heavy atom. The summed E-state index contributed by atoms with van der Waals surface area (Å²) >= 11 is 0. The van der Waals surface area contributed by atoms with Crippen LogP contribution in [0.25, 0.3) is 0 Å². The molecule has 0 atom stereocenters. The standard InChI is InChI=1S/C7H17NO/c1-7(2,3)6-8(4)9-5/h6H2,1-5H3. The summed E-state index contributed by atoms with van der Waals surface area (Å²) < 4.78 is 0. The predicted molar refractivity (Wildman–Crippen MR) is 39.1 cm³/mol. The van der Waals surface area contributed by atoms with Crippen molar-refractivity contribution in [2.24, 2.45) is 5.41 Å². The minimum absolute atomic E-state index is 0.324. The Bertz CT molecular complexity index is 75.5. The lowest BCUT2D eigenvalue weighted by atomic mass is 9.97. The highest BCUT2D eigenvalue weighted by Gasteiger charge is 2.12. The first-order valence-electron chi connectivity index (χ1n) is 3.21. The molecular formula is C7H17NO. The summed E-state index contributed by atoms with van der Waals surface area (Å²) in [5.74, 6) is 0. The molecule has 0 aromatic heterocycles. The van der Waals surface area contributed by atoms with Crippen LogP contribution in [0.3, 0.4) is 0 Å². The van der Waals surface area contributed by atoms with Crippen molar-refractivity contribution in [2.45, 2.75) is 20.8 Å². The van der Waals surface area contributed by atoms with Gasteiger partial charge in [0.15, 0.2) is 0 Å². The van der Waals surface area contributed by atoms with Gasteiger partial charge in [0.1, 0.15) is 0 Å². The minimum Gasteiger partial charge on any atom is -0.303 e. The SMILES string of the molecule is CON(C)CC(C)(C)C. The van der Waals surface area contributed by atoms with E-state index >= 15 is 0 Å². The van der Waals surface area contributed by atoms with E-state index in [-0.39, 0.29) is 0 Å². The second-order valence-electron chi connectivity index (χ2n) is 3.53. The van der Waals surface area contributed by atoms with Crippen LogP contribution in [0.2, 0.25) is 0 Å². The van der Waals surface area contributed by atoms with Gasteiger partial charge >= 0.3 is 0 Å². The molecule has 0 aromatic rings. The third kappa shape index (κ3) is 5.80. The fraction of sp³-hybridized carbons (Fsp3) is 1.00. The molecule has 2 nitrogen and oxygen atoms in total. The van der Waals surface area contributed by atoms with Crippen LogP contribution in [0.4, 0.5) is 0 Å². The van der Waals surface area contributed by atoms with Crippen LogP contribution in [0.15, 0.2) is 0 Å². The lowest BCUT2D eigenvalue weighted by Crippen LogP contribution is -2.28. The van der Waals surface area contributed by atoms with Crippen LogP contribution in [0.1, 0.15) is 20.8 Å². The van der Waals surface area contributed by atoms with Crippen LogP contribution in [-0.2, 0) is 4.84 Å². The maximum Gasteiger partial charge on any atom is 0.0575 e. The summed E-state index contributed by atoms with van der Waals surface area (Å²) in [4.78, 5) is 4.96. The van der Waals surface area contributed by atoms with Crippen molar-refractivity contribution in [3.8, 4) is 0 Å². The molecular weight excluding hydrogens is 114 g/mol. The van der Waals surface area contributed by atoms with Crippen LogP contribution in [-0.4, -0.2) is 25.8 Å². The molecule has 0 aliphatic heterocycles. The fourth-order valence-electron chi connectivity index (χ4n) is 0.733. The lowest BCUT2D eigenvalue weighted by molar-refractivity contribution is -0.125. The van der Waals surface area contributed by atoms with E-state index in [2.05, 4.69) is 20.8 Å². The van der Waals surface area contributed by atoms with Gasteiger partial charge in [-0.1, -0.05) is 20.8 Å². The Morgan fingerprint density at radius 2 is 1.78 bits per heavy atom. The summed E-state index contributed by atoms with van der Waals surface area (Å²) in [6.45, 7) is 7.51. The van der Waals surface area contributed by atoms with E-state index in [1.807, 2.05) is 12.1 Å². The average molecular weight is 131 g/mol. The Hall–Kier alpha value is -0.0800. The smallest absolute Gasteiger partial charge is 0.0575 e. The first-order valence-corrected chi connectivity index (χ1v) is 3.21. The van der Waals surface area contributed by atoms with Gasteiger partial charge in [-0.2, -0.15) is 5.06 Å². The fourth-order valence-corrected chi connectivity index (χ4v) is 0.733. The van der Waals surface area contributed by atoms with E-state index in [0.717, 1.165) is 6.54 Å². The number of rotatable bonds is 2. The maximum atomic E-state index is 4.96. The normalized spacial score (nSPS) is 12.7. The molecule has 0 radical (unpaired) electrons. The zero-order valence-electron chi connectivity index (χ0n) is 7.06. The lowest BCUT2D eigenvalue weighted by Gasteiger charge is -2.24. The van der Waals surface area contributed by atoms with E-state index in [4.69, 9.17) is 4.84 Å². The summed E-state index contributed by atoms with van der Waals surface area (Å²) in [6, 6.07) is 0. The maximum absolute atomic E-state index is 4.96. The highest BCUT2D eigenvalue weighted by atomic mass is 16.7. The minimum atomic E-state index is 0.324. The molecule has 56 valence electrons. The molecule has 0 aromatic carbocycles. The monoisotopic (exact) mass is 131 g/mol. The number of hydrogen-bond donors (Lipinski definition) is 0. The molecule has 0 N–H and O–H groups in total. The van der Waals surface area contributed by atoms with Gasteiger partial charge < -0.3 is 4.84 Å². The zero-order valence-corrected chi connectivity index (χ0v) is 7.06. The molecule has 0 aliphatic rings.